The number of nitrogens with zero attached hydrogens (tertiary/aromatic N) is 1. The minimum absolute atomic E-state index is 0.274. The normalized spacial score (nSPS) is 9.73. The molecule has 0 saturated carbocycles. The summed E-state index contributed by atoms with van der Waals surface area (Å²) in [6.45, 7) is 0.274. The van der Waals surface area contributed by atoms with Crippen LogP contribution >= 0.6 is 0 Å². The molecule has 0 aliphatic rings. The van der Waals surface area contributed by atoms with E-state index >= 15 is 0 Å². The smallest absolute Gasteiger partial charge is 0.212 e. The molecule has 1 rings (SSSR count). The molecule has 0 fully saturated rings. The van der Waals surface area contributed by atoms with Crippen molar-refractivity contribution in [3.63, 3.8) is 0 Å². The van der Waals surface area contributed by atoms with Gasteiger partial charge < -0.3 is 10.5 Å². The molecule has 15 heavy (non-hydrogen) atoms. The second-order valence-corrected chi connectivity index (χ2v) is 3.07. The van der Waals surface area contributed by atoms with Gasteiger partial charge in [-0.15, -0.1) is 0 Å². The average Bonchev–Trinajstić information content (AvgIpc) is 2.26. The number of benzene rings is 1. The predicted molar refractivity (Wildman–Crippen MR) is 57.1 cm³/mol. The summed E-state index contributed by atoms with van der Waals surface area (Å²) in [5, 5.41) is 16.9. The molecule has 0 heterocycles. The fourth-order valence-corrected chi connectivity index (χ4v) is 1.26. The number of hydrogen-bond acceptors (Lipinski definition) is 3. The van der Waals surface area contributed by atoms with Gasteiger partial charge in [-0.25, -0.2) is 5.06 Å². The number of hydrogen-bond donors (Lipinski definition) is 3. The minimum Gasteiger partial charge on any atom is -0.496 e. The van der Waals surface area contributed by atoms with Crippen molar-refractivity contribution >= 4 is 5.96 Å². The Kier molecular flexibility index (Phi) is 3.93. The highest BCUT2D eigenvalue weighted by atomic mass is 16.5. The largest absolute Gasteiger partial charge is 0.496 e. The van der Waals surface area contributed by atoms with Gasteiger partial charge in [-0.1, -0.05) is 18.2 Å². The molecule has 82 valence electrons. The van der Waals surface area contributed by atoms with Crippen molar-refractivity contribution in [3.8, 4) is 5.75 Å². The lowest BCUT2D eigenvalue weighted by Crippen LogP contribution is -2.34. The van der Waals surface area contributed by atoms with Crippen molar-refractivity contribution < 1.29 is 9.94 Å². The van der Waals surface area contributed by atoms with Crippen LogP contribution in [0.4, 0.5) is 0 Å². The molecule has 0 aliphatic carbocycles. The third-order valence-electron chi connectivity index (χ3n) is 2.06. The molecule has 5 heteroatoms. The third-order valence-corrected chi connectivity index (χ3v) is 2.06. The van der Waals surface area contributed by atoms with Gasteiger partial charge in [0.15, 0.2) is 0 Å². The molecule has 0 atom stereocenters. The maximum atomic E-state index is 9.19. The van der Waals surface area contributed by atoms with Crippen molar-refractivity contribution in [1.82, 2.24) is 5.06 Å². The highest BCUT2D eigenvalue weighted by Crippen LogP contribution is 2.17. The topological polar surface area (TPSA) is 82.6 Å². The standard InChI is InChI=1S/C10H15N3O2/c1-15-9-5-3-2-4-8(9)6-7-13(14)10(11)12/h2-5,14H,6-7H2,1H3,(H3,11,12). The highest BCUT2D eigenvalue weighted by Gasteiger charge is 2.05. The summed E-state index contributed by atoms with van der Waals surface area (Å²) in [7, 11) is 1.60. The number of para-hydroxylation sites is 1. The van der Waals surface area contributed by atoms with E-state index in [1.54, 1.807) is 7.11 Å². The van der Waals surface area contributed by atoms with Crippen molar-refractivity contribution in [2.24, 2.45) is 5.73 Å². The van der Waals surface area contributed by atoms with Crippen LogP contribution in [0.2, 0.25) is 0 Å². The summed E-state index contributed by atoms with van der Waals surface area (Å²) in [5.41, 5.74) is 6.07. The van der Waals surface area contributed by atoms with Crippen LogP contribution < -0.4 is 10.5 Å². The Hall–Kier alpha value is -1.75. The molecule has 0 aromatic heterocycles. The van der Waals surface area contributed by atoms with Gasteiger partial charge in [-0.2, -0.15) is 0 Å². The van der Waals surface area contributed by atoms with Crippen LogP contribution in [0.3, 0.4) is 0 Å². The van der Waals surface area contributed by atoms with Crippen LogP contribution in [0.15, 0.2) is 24.3 Å². The zero-order valence-electron chi connectivity index (χ0n) is 8.60. The monoisotopic (exact) mass is 209 g/mol. The van der Waals surface area contributed by atoms with E-state index < -0.39 is 0 Å². The number of nitrogens with one attached hydrogen (secondary N) is 1. The lowest BCUT2D eigenvalue weighted by Gasteiger charge is -2.15. The van der Waals surface area contributed by atoms with Gasteiger partial charge in [-0.3, -0.25) is 10.6 Å². The second-order valence-electron chi connectivity index (χ2n) is 3.07. The van der Waals surface area contributed by atoms with E-state index in [1.807, 2.05) is 24.3 Å². The molecule has 0 amide bonds. The molecular formula is C10H15N3O2. The molecule has 5 nitrogen and oxygen atoms in total. The number of guanidine groups is 1. The van der Waals surface area contributed by atoms with Gasteiger partial charge in [-0.05, 0) is 18.1 Å². The first-order valence-corrected chi connectivity index (χ1v) is 4.57. The van der Waals surface area contributed by atoms with Crippen LogP contribution in [-0.4, -0.2) is 29.9 Å². The highest BCUT2D eigenvalue weighted by molar-refractivity contribution is 5.73. The molecule has 0 spiro atoms. The summed E-state index contributed by atoms with van der Waals surface area (Å²) in [4.78, 5) is 0. The molecule has 0 saturated heterocycles. The van der Waals surface area contributed by atoms with E-state index in [-0.39, 0.29) is 12.5 Å². The lowest BCUT2D eigenvalue weighted by atomic mass is 10.1. The molecule has 0 unspecified atom stereocenters. The van der Waals surface area contributed by atoms with Crippen LogP contribution in [0, 0.1) is 5.41 Å². The SMILES string of the molecule is COc1ccccc1CCN(O)C(=N)N. The predicted octanol–water partition coefficient (Wildman–Crippen LogP) is 0.822. The van der Waals surface area contributed by atoms with Crippen molar-refractivity contribution in [2.45, 2.75) is 6.42 Å². The fraction of sp³-hybridized carbons (Fsp3) is 0.300. The molecule has 1 aromatic carbocycles. The van der Waals surface area contributed by atoms with E-state index in [1.165, 1.54) is 0 Å². The van der Waals surface area contributed by atoms with Gasteiger partial charge in [0.1, 0.15) is 5.75 Å². The van der Waals surface area contributed by atoms with E-state index in [4.69, 9.17) is 15.9 Å². The summed E-state index contributed by atoms with van der Waals surface area (Å²) in [6, 6.07) is 7.54. The van der Waals surface area contributed by atoms with E-state index in [2.05, 4.69) is 0 Å². The summed E-state index contributed by atoms with van der Waals surface area (Å²) >= 11 is 0. The van der Waals surface area contributed by atoms with Crippen LogP contribution in [-0.2, 0) is 6.42 Å². The van der Waals surface area contributed by atoms with Crippen LogP contribution in [0.25, 0.3) is 0 Å². The maximum absolute atomic E-state index is 9.19. The average molecular weight is 209 g/mol. The van der Waals surface area contributed by atoms with Crippen molar-refractivity contribution in [3.05, 3.63) is 29.8 Å². The van der Waals surface area contributed by atoms with Crippen LogP contribution in [0.1, 0.15) is 5.56 Å². The number of hydroxylamine groups is 2. The van der Waals surface area contributed by atoms with Gasteiger partial charge in [0.2, 0.25) is 5.96 Å². The Balaban J connectivity index is 2.60. The molecule has 0 aliphatic heterocycles. The summed E-state index contributed by atoms with van der Waals surface area (Å²) in [5.74, 6) is 0.416. The maximum Gasteiger partial charge on any atom is 0.212 e. The molecule has 0 radical (unpaired) electrons. The first kappa shape index (κ1) is 11.3. The van der Waals surface area contributed by atoms with E-state index in [9.17, 15) is 5.21 Å². The zero-order chi connectivity index (χ0) is 11.3. The minimum atomic E-state index is -0.357. The molecule has 0 bridgehead atoms. The first-order valence-electron chi connectivity index (χ1n) is 4.57. The number of rotatable bonds is 4. The summed E-state index contributed by atoms with van der Waals surface area (Å²) in [6.07, 6.45) is 0.570. The zero-order valence-corrected chi connectivity index (χ0v) is 8.60. The second kappa shape index (κ2) is 5.21. The number of ether oxygens (including phenoxy) is 1. The molecule has 1 aromatic rings. The Morgan fingerprint density at radius 2 is 2.20 bits per heavy atom. The van der Waals surface area contributed by atoms with Crippen molar-refractivity contribution in [2.75, 3.05) is 13.7 Å². The third kappa shape index (κ3) is 3.14. The van der Waals surface area contributed by atoms with E-state index in [0.29, 0.717) is 11.5 Å². The molecule has 4 N–H and O–H groups in total. The lowest BCUT2D eigenvalue weighted by molar-refractivity contribution is -0.0159. The van der Waals surface area contributed by atoms with Gasteiger partial charge >= 0.3 is 0 Å². The van der Waals surface area contributed by atoms with Gasteiger partial charge in [0.05, 0.1) is 13.7 Å². The molecular weight excluding hydrogens is 194 g/mol. The fourth-order valence-electron chi connectivity index (χ4n) is 1.26. The van der Waals surface area contributed by atoms with Crippen LogP contribution in [0.5, 0.6) is 5.75 Å². The Bertz CT molecular complexity index is 341. The van der Waals surface area contributed by atoms with E-state index in [0.717, 1.165) is 11.3 Å². The number of nitrogens with two attached hydrogens (primary N) is 1. The van der Waals surface area contributed by atoms with Gasteiger partial charge in [0.25, 0.3) is 0 Å². The quantitative estimate of drug-likeness (QED) is 0.389. The Labute approximate surface area is 88.5 Å². The Morgan fingerprint density at radius 3 is 2.80 bits per heavy atom. The van der Waals surface area contributed by atoms with Crippen molar-refractivity contribution in [1.29, 1.82) is 5.41 Å². The van der Waals surface area contributed by atoms with Gasteiger partial charge in [0, 0.05) is 0 Å². The first-order chi connectivity index (χ1) is 7.15. The number of methoxy groups -OCH3 is 1. The summed E-state index contributed by atoms with van der Waals surface area (Å²) < 4.78 is 5.15. The Morgan fingerprint density at radius 1 is 1.53 bits per heavy atom.